The van der Waals surface area contributed by atoms with Gasteiger partial charge in [0.15, 0.2) is 17.5 Å². The topological polar surface area (TPSA) is 98.8 Å². The molecule has 8 nitrogen and oxygen atoms in total. The van der Waals surface area contributed by atoms with Crippen LogP contribution in [0, 0.1) is 5.82 Å². The Balaban J connectivity index is 1.34. The van der Waals surface area contributed by atoms with Gasteiger partial charge in [-0.15, -0.1) is 0 Å². The van der Waals surface area contributed by atoms with E-state index >= 15 is 0 Å². The van der Waals surface area contributed by atoms with Gasteiger partial charge in [0.1, 0.15) is 5.65 Å². The van der Waals surface area contributed by atoms with Gasteiger partial charge in [-0.2, -0.15) is 0 Å². The highest BCUT2D eigenvalue weighted by Crippen LogP contribution is 2.29. The predicted molar refractivity (Wildman–Crippen MR) is 126 cm³/mol. The number of nitrogens with one attached hydrogen (secondary N) is 3. The average molecular weight is 472 g/mol. The van der Waals surface area contributed by atoms with Crippen LogP contribution in [0.3, 0.4) is 0 Å². The van der Waals surface area contributed by atoms with Crippen molar-refractivity contribution in [2.75, 3.05) is 18.4 Å². The minimum absolute atomic E-state index is 0.0388. The highest BCUT2D eigenvalue weighted by Gasteiger charge is 2.39. The number of pyridine rings is 1. The van der Waals surface area contributed by atoms with Crippen LogP contribution < -0.4 is 10.6 Å². The van der Waals surface area contributed by atoms with E-state index in [9.17, 15) is 9.18 Å². The summed E-state index contributed by atoms with van der Waals surface area (Å²) >= 11 is 6.10. The molecule has 1 aliphatic carbocycles. The number of piperidine rings is 1. The zero-order valence-corrected chi connectivity index (χ0v) is 19.4. The summed E-state index contributed by atoms with van der Waals surface area (Å²) in [5.74, 6) is 0.0628. The fraction of sp³-hybridized carbons (Fsp3) is 0.478. The quantitative estimate of drug-likeness (QED) is 0.506. The first-order valence-corrected chi connectivity index (χ1v) is 11.7. The van der Waals surface area contributed by atoms with Gasteiger partial charge < -0.3 is 15.6 Å². The summed E-state index contributed by atoms with van der Waals surface area (Å²) < 4.78 is 14.6. The smallest absolute Gasteiger partial charge is 0.240 e. The number of halogens is 2. The number of aromatic nitrogens is 4. The molecule has 2 fully saturated rings. The third-order valence-corrected chi connectivity index (χ3v) is 6.71. The van der Waals surface area contributed by atoms with Gasteiger partial charge in [-0.05, 0) is 52.1 Å². The second-order valence-corrected chi connectivity index (χ2v) is 9.81. The van der Waals surface area contributed by atoms with E-state index in [1.165, 1.54) is 6.20 Å². The van der Waals surface area contributed by atoms with Gasteiger partial charge in [-0.3, -0.25) is 9.69 Å². The molecule has 2 aliphatic rings. The maximum atomic E-state index is 14.6. The fourth-order valence-electron chi connectivity index (χ4n) is 4.29. The molecule has 1 aliphatic heterocycles. The zero-order valence-electron chi connectivity index (χ0n) is 18.7. The molecule has 3 aromatic heterocycles. The normalized spacial score (nSPS) is 19.6. The number of hydrogen-bond donors (Lipinski definition) is 3. The molecule has 4 heterocycles. The van der Waals surface area contributed by atoms with Crippen LogP contribution in [0.15, 0.2) is 24.7 Å². The molecule has 1 atom stereocenters. The van der Waals surface area contributed by atoms with Crippen molar-refractivity contribution < 1.29 is 9.18 Å². The van der Waals surface area contributed by atoms with Gasteiger partial charge in [-0.1, -0.05) is 11.6 Å². The largest absolute Gasteiger partial charge is 0.363 e. The third kappa shape index (κ3) is 4.52. The van der Waals surface area contributed by atoms with Crippen LogP contribution in [-0.4, -0.2) is 61.5 Å². The standard InChI is InChI=1S/C23H27ClFN7O/c1-23(2,22(33)30-14-5-6-14)32-7-3-4-15(12-32)29-21-18(25)11-28-20(31-21)17-10-27-19-16(17)8-13(24)9-26-19/h8-11,14-15H,3-7,12H2,1-2H3,(H,26,27)(H,30,33)(H,28,29,31). The summed E-state index contributed by atoms with van der Waals surface area (Å²) in [6, 6.07) is 2.06. The summed E-state index contributed by atoms with van der Waals surface area (Å²) in [7, 11) is 0. The first-order valence-electron chi connectivity index (χ1n) is 11.3. The van der Waals surface area contributed by atoms with Crippen molar-refractivity contribution in [3.8, 4) is 11.4 Å². The average Bonchev–Trinajstić information content (AvgIpc) is 3.52. The van der Waals surface area contributed by atoms with Crippen molar-refractivity contribution in [1.29, 1.82) is 0 Å². The van der Waals surface area contributed by atoms with E-state index in [-0.39, 0.29) is 17.8 Å². The second-order valence-electron chi connectivity index (χ2n) is 9.38. The molecule has 0 spiro atoms. The van der Waals surface area contributed by atoms with Crippen molar-refractivity contribution in [1.82, 2.24) is 30.2 Å². The lowest BCUT2D eigenvalue weighted by Crippen LogP contribution is -2.59. The molecule has 1 saturated heterocycles. The minimum atomic E-state index is -0.630. The molecule has 1 saturated carbocycles. The molecule has 0 bridgehead atoms. The van der Waals surface area contributed by atoms with Gasteiger partial charge in [0.2, 0.25) is 5.91 Å². The monoisotopic (exact) mass is 471 g/mol. The third-order valence-electron chi connectivity index (χ3n) is 6.50. The number of aromatic amines is 1. The number of carbonyl (C=O) groups is 1. The number of likely N-dealkylation sites (tertiary alicyclic amines) is 1. The van der Waals surface area contributed by atoms with E-state index in [4.69, 9.17) is 11.6 Å². The van der Waals surface area contributed by atoms with Gasteiger partial charge >= 0.3 is 0 Å². The summed E-state index contributed by atoms with van der Waals surface area (Å²) in [5, 5.41) is 7.63. The molecule has 3 aromatic rings. The molecule has 3 N–H and O–H groups in total. The lowest BCUT2D eigenvalue weighted by Gasteiger charge is -2.42. The molecule has 0 radical (unpaired) electrons. The van der Waals surface area contributed by atoms with E-state index in [1.54, 1.807) is 18.5 Å². The van der Waals surface area contributed by atoms with E-state index < -0.39 is 11.4 Å². The van der Waals surface area contributed by atoms with Crippen LogP contribution in [0.5, 0.6) is 0 Å². The van der Waals surface area contributed by atoms with Gasteiger partial charge in [-0.25, -0.2) is 19.3 Å². The molecule has 10 heteroatoms. The number of nitrogens with zero attached hydrogens (tertiary/aromatic N) is 4. The first-order chi connectivity index (χ1) is 15.8. The number of amides is 1. The summed E-state index contributed by atoms with van der Waals surface area (Å²) in [4.78, 5) is 30.9. The molecular weight excluding hydrogens is 445 g/mol. The number of rotatable bonds is 6. The van der Waals surface area contributed by atoms with Crippen LogP contribution in [0.1, 0.15) is 39.5 Å². The van der Waals surface area contributed by atoms with E-state index in [0.29, 0.717) is 34.6 Å². The Kier molecular flexibility index (Phi) is 5.70. The van der Waals surface area contributed by atoms with Gasteiger partial charge in [0.25, 0.3) is 0 Å². The maximum absolute atomic E-state index is 14.6. The molecule has 1 unspecified atom stereocenters. The number of hydrogen-bond acceptors (Lipinski definition) is 6. The maximum Gasteiger partial charge on any atom is 0.240 e. The number of carbonyl (C=O) groups excluding carboxylic acids is 1. The molecular formula is C23H27ClFN7O. The summed E-state index contributed by atoms with van der Waals surface area (Å²) in [6.45, 7) is 5.35. The lowest BCUT2D eigenvalue weighted by atomic mass is 9.95. The summed E-state index contributed by atoms with van der Waals surface area (Å²) in [5.41, 5.74) is 0.729. The minimum Gasteiger partial charge on any atom is -0.363 e. The Morgan fingerprint density at radius 1 is 1.24 bits per heavy atom. The molecule has 1 amide bonds. The highest BCUT2D eigenvalue weighted by molar-refractivity contribution is 6.31. The SMILES string of the molecule is CC(C)(C(=O)NC1CC1)N1CCCC(Nc2nc(-c3c[nH]c4ncc(Cl)cc34)ncc2F)C1. The Bertz CT molecular complexity index is 1190. The Hall–Kier alpha value is -2.78. The van der Waals surface area contributed by atoms with Crippen LogP contribution in [0.25, 0.3) is 22.4 Å². The van der Waals surface area contributed by atoms with Gasteiger partial charge in [0, 0.05) is 42.0 Å². The molecule has 33 heavy (non-hydrogen) atoms. The number of H-pyrrole nitrogens is 1. The Morgan fingerprint density at radius 3 is 2.85 bits per heavy atom. The van der Waals surface area contributed by atoms with E-state index in [1.807, 2.05) is 13.8 Å². The molecule has 0 aromatic carbocycles. The van der Waals surface area contributed by atoms with E-state index in [2.05, 4.69) is 35.5 Å². The van der Waals surface area contributed by atoms with Crippen LogP contribution in [-0.2, 0) is 4.79 Å². The zero-order chi connectivity index (χ0) is 23.2. The van der Waals surface area contributed by atoms with Crippen molar-refractivity contribution in [3.63, 3.8) is 0 Å². The Morgan fingerprint density at radius 2 is 2.06 bits per heavy atom. The molecule has 174 valence electrons. The van der Waals surface area contributed by atoms with Crippen LogP contribution in [0.2, 0.25) is 5.02 Å². The molecule has 5 rings (SSSR count). The van der Waals surface area contributed by atoms with Crippen molar-refractivity contribution in [3.05, 3.63) is 35.5 Å². The highest BCUT2D eigenvalue weighted by atomic mass is 35.5. The van der Waals surface area contributed by atoms with Gasteiger partial charge in [0.05, 0.1) is 16.8 Å². The number of anilines is 1. The van der Waals surface area contributed by atoms with E-state index in [0.717, 1.165) is 37.6 Å². The van der Waals surface area contributed by atoms with Crippen molar-refractivity contribution in [2.45, 2.75) is 57.2 Å². The first kappa shape index (κ1) is 22.0. The van der Waals surface area contributed by atoms with Crippen LogP contribution in [0.4, 0.5) is 10.2 Å². The van der Waals surface area contributed by atoms with Crippen molar-refractivity contribution >= 4 is 34.4 Å². The predicted octanol–water partition coefficient (Wildman–Crippen LogP) is 3.75. The second kappa shape index (κ2) is 8.53. The number of fused-ring (bicyclic) bond motifs is 1. The van der Waals surface area contributed by atoms with Crippen LogP contribution >= 0.6 is 11.6 Å². The lowest BCUT2D eigenvalue weighted by molar-refractivity contribution is -0.132. The fourth-order valence-corrected chi connectivity index (χ4v) is 4.45. The van der Waals surface area contributed by atoms with Crippen molar-refractivity contribution in [2.24, 2.45) is 0 Å². The Labute approximate surface area is 196 Å². The summed E-state index contributed by atoms with van der Waals surface area (Å²) in [6.07, 6.45) is 8.36.